The fourth-order valence-corrected chi connectivity index (χ4v) is 2.96. The molecule has 0 bridgehead atoms. The van der Waals surface area contributed by atoms with Gasteiger partial charge in [-0.15, -0.1) is 10.2 Å². The Morgan fingerprint density at radius 3 is 2.68 bits per heavy atom. The van der Waals surface area contributed by atoms with E-state index >= 15 is 0 Å². The third-order valence-corrected chi connectivity index (χ3v) is 4.55. The number of hydrogen-bond donors (Lipinski definition) is 2. The van der Waals surface area contributed by atoms with Crippen molar-refractivity contribution in [1.82, 2.24) is 15.5 Å². The van der Waals surface area contributed by atoms with E-state index in [4.69, 9.17) is 11.6 Å². The highest BCUT2D eigenvalue weighted by molar-refractivity contribution is 7.15. The van der Waals surface area contributed by atoms with E-state index in [9.17, 15) is 9.59 Å². The van der Waals surface area contributed by atoms with Crippen LogP contribution < -0.4 is 10.6 Å². The molecule has 0 saturated carbocycles. The summed E-state index contributed by atoms with van der Waals surface area (Å²) in [5, 5.41) is 15.2. The van der Waals surface area contributed by atoms with E-state index in [2.05, 4.69) is 25.6 Å². The number of carbonyl (C=O) groups is 2. The molecule has 0 radical (unpaired) electrons. The number of methoxy groups -OCH3 is 1. The van der Waals surface area contributed by atoms with Crippen molar-refractivity contribution in [2.75, 3.05) is 12.4 Å². The number of amides is 2. The van der Waals surface area contributed by atoms with E-state index in [0.717, 1.165) is 10.6 Å². The third-order valence-electron chi connectivity index (χ3n) is 3.40. The van der Waals surface area contributed by atoms with Crippen LogP contribution in [0.1, 0.15) is 36.4 Å². The lowest BCUT2D eigenvalue weighted by Gasteiger charge is -2.14. The van der Waals surface area contributed by atoms with E-state index < -0.39 is 0 Å². The molecule has 0 aliphatic carbocycles. The average Bonchev–Trinajstić information content (AvgIpc) is 3.02. The number of nitrogens with one attached hydrogen (secondary N) is 2. The van der Waals surface area contributed by atoms with E-state index in [1.807, 2.05) is 19.1 Å². The molecule has 0 saturated heterocycles. The van der Waals surface area contributed by atoms with Gasteiger partial charge in [0, 0.05) is 17.9 Å². The Hall–Kier alpha value is -2.19. The first-order chi connectivity index (χ1) is 12.0. The number of ether oxygens (including phenoxy) is 1. The van der Waals surface area contributed by atoms with Crippen LogP contribution >= 0.6 is 22.9 Å². The van der Waals surface area contributed by atoms with Gasteiger partial charge in [-0.3, -0.25) is 10.1 Å². The number of rotatable bonds is 7. The summed E-state index contributed by atoms with van der Waals surface area (Å²) < 4.78 is 4.58. The summed E-state index contributed by atoms with van der Waals surface area (Å²) in [6.45, 7) is 1.88. The number of esters is 1. The van der Waals surface area contributed by atoms with Crippen LogP contribution in [0.5, 0.6) is 0 Å². The fourth-order valence-electron chi connectivity index (χ4n) is 2.06. The van der Waals surface area contributed by atoms with Gasteiger partial charge in [-0.2, -0.15) is 0 Å². The first-order valence-electron chi connectivity index (χ1n) is 7.70. The lowest BCUT2D eigenvalue weighted by Crippen LogP contribution is -2.31. The monoisotopic (exact) mass is 382 g/mol. The van der Waals surface area contributed by atoms with Gasteiger partial charge in [0.2, 0.25) is 5.13 Å². The van der Waals surface area contributed by atoms with Gasteiger partial charge in [-0.1, -0.05) is 35.1 Å². The number of aromatic nitrogens is 2. The minimum absolute atomic E-state index is 0.176. The zero-order chi connectivity index (χ0) is 18.2. The molecule has 1 atom stereocenters. The Labute approximate surface area is 154 Å². The molecule has 1 aromatic heterocycles. The average molecular weight is 383 g/mol. The highest BCUT2D eigenvalue weighted by Gasteiger charge is 2.12. The van der Waals surface area contributed by atoms with Gasteiger partial charge < -0.3 is 10.1 Å². The van der Waals surface area contributed by atoms with Crippen molar-refractivity contribution >= 4 is 40.1 Å². The fraction of sp³-hybridized carbons (Fsp3) is 0.375. The maximum atomic E-state index is 12.0. The number of halogens is 1. The van der Waals surface area contributed by atoms with Gasteiger partial charge in [-0.25, -0.2) is 4.79 Å². The van der Waals surface area contributed by atoms with Crippen LogP contribution in [0.4, 0.5) is 9.93 Å². The van der Waals surface area contributed by atoms with Gasteiger partial charge >= 0.3 is 12.0 Å². The smallest absolute Gasteiger partial charge is 0.321 e. The molecular weight excluding hydrogens is 364 g/mol. The second-order valence-electron chi connectivity index (χ2n) is 5.30. The number of carbonyl (C=O) groups excluding carboxylic acids is 2. The zero-order valence-electron chi connectivity index (χ0n) is 13.9. The third kappa shape index (κ3) is 6.32. The molecule has 0 aliphatic heterocycles. The van der Waals surface area contributed by atoms with Crippen molar-refractivity contribution in [3.63, 3.8) is 0 Å². The number of anilines is 1. The summed E-state index contributed by atoms with van der Waals surface area (Å²) in [5.74, 6) is -0.251. The molecule has 1 aromatic carbocycles. The SMILES string of the molecule is COC(=O)CCCc1nnc(NC(=O)NC(C)c2ccc(Cl)cc2)s1. The van der Waals surface area contributed by atoms with Crippen molar-refractivity contribution in [2.24, 2.45) is 0 Å². The van der Waals surface area contributed by atoms with Crippen molar-refractivity contribution in [3.8, 4) is 0 Å². The van der Waals surface area contributed by atoms with Gasteiger partial charge in [0.1, 0.15) is 5.01 Å². The molecule has 2 N–H and O–H groups in total. The van der Waals surface area contributed by atoms with E-state index in [-0.39, 0.29) is 18.0 Å². The molecule has 9 heteroatoms. The van der Waals surface area contributed by atoms with E-state index in [1.165, 1.54) is 18.4 Å². The Kier molecular flexibility index (Phi) is 7.15. The van der Waals surface area contributed by atoms with Gasteiger partial charge in [0.25, 0.3) is 0 Å². The zero-order valence-corrected chi connectivity index (χ0v) is 15.5. The molecule has 2 rings (SSSR count). The van der Waals surface area contributed by atoms with Gasteiger partial charge in [-0.05, 0) is 31.0 Å². The molecule has 134 valence electrons. The molecular formula is C16H19ClN4O3S. The topological polar surface area (TPSA) is 93.2 Å². The number of aryl methyl sites for hydroxylation is 1. The molecule has 0 fully saturated rings. The van der Waals surface area contributed by atoms with Crippen molar-refractivity contribution in [3.05, 3.63) is 39.9 Å². The van der Waals surface area contributed by atoms with Crippen molar-refractivity contribution < 1.29 is 14.3 Å². The molecule has 1 unspecified atom stereocenters. The summed E-state index contributed by atoms with van der Waals surface area (Å²) in [4.78, 5) is 23.1. The minimum Gasteiger partial charge on any atom is -0.469 e. The van der Waals surface area contributed by atoms with Crippen LogP contribution in [0.3, 0.4) is 0 Å². The van der Waals surface area contributed by atoms with Crippen molar-refractivity contribution in [2.45, 2.75) is 32.2 Å². The van der Waals surface area contributed by atoms with Crippen LogP contribution in [0.2, 0.25) is 5.02 Å². The summed E-state index contributed by atoms with van der Waals surface area (Å²) in [7, 11) is 1.36. The first-order valence-corrected chi connectivity index (χ1v) is 8.89. The normalized spacial score (nSPS) is 11.6. The lowest BCUT2D eigenvalue weighted by molar-refractivity contribution is -0.140. The Bertz CT molecular complexity index is 720. The second kappa shape index (κ2) is 9.33. The number of nitrogens with zero attached hydrogens (tertiary/aromatic N) is 2. The molecule has 1 heterocycles. The van der Waals surface area contributed by atoms with Crippen molar-refractivity contribution in [1.29, 1.82) is 0 Å². The second-order valence-corrected chi connectivity index (χ2v) is 6.80. The first kappa shape index (κ1) is 19.1. The van der Waals surface area contributed by atoms with Crippen LogP contribution in [0, 0.1) is 0 Å². The molecule has 2 amide bonds. The summed E-state index contributed by atoms with van der Waals surface area (Å²) in [6.07, 6.45) is 1.57. The molecule has 25 heavy (non-hydrogen) atoms. The van der Waals surface area contributed by atoms with E-state index in [0.29, 0.717) is 29.4 Å². The predicted molar refractivity (Wildman–Crippen MR) is 96.9 cm³/mol. The number of benzene rings is 1. The van der Waals surface area contributed by atoms with Crippen LogP contribution in [0.15, 0.2) is 24.3 Å². The standard InChI is InChI=1S/C16H19ClN4O3S/c1-10(11-6-8-12(17)9-7-11)18-15(23)19-16-21-20-13(25-16)4-3-5-14(22)24-2/h6-10H,3-5H2,1-2H3,(H2,18,19,21,23). The van der Waals surface area contributed by atoms with E-state index in [1.54, 1.807) is 12.1 Å². The Morgan fingerprint density at radius 1 is 1.28 bits per heavy atom. The maximum Gasteiger partial charge on any atom is 0.321 e. The molecule has 0 aliphatic rings. The lowest BCUT2D eigenvalue weighted by atomic mass is 10.1. The van der Waals surface area contributed by atoms with Crippen LogP contribution in [0.25, 0.3) is 0 Å². The molecule has 7 nitrogen and oxygen atoms in total. The number of hydrogen-bond acceptors (Lipinski definition) is 6. The number of urea groups is 1. The van der Waals surface area contributed by atoms with Crippen LogP contribution in [-0.2, 0) is 16.0 Å². The van der Waals surface area contributed by atoms with Gasteiger partial charge in [0.15, 0.2) is 0 Å². The Morgan fingerprint density at radius 2 is 2.00 bits per heavy atom. The quantitative estimate of drug-likeness (QED) is 0.714. The molecule has 0 spiro atoms. The summed E-state index contributed by atoms with van der Waals surface area (Å²) >= 11 is 7.14. The van der Waals surface area contributed by atoms with Crippen LogP contribution in [-0.4, -0.2) is 29.3 Å². The highest BCUT2D eigenvalue weighted by atomic mass is 35.5. The summed E-state index contributed by atoms with van der Waals surface area (Å²) in [5.41, 5.74) is 0.945. The maximum absolute atomic E-state index is 12.0. The highest BCUT2D eigenvalue weighted by Crippen LogP contribution is 2.19. The minimum atomic E-state index is -0.361. The van der Waals surface area contributed by atoms with Gasteiger partial charge in [0.05, 0.1) is 13.2 Å². The molecule has 2 aromatic rings. The Balaban J connectivity index is 1.80. The summed E-state index contributed by atoms with van der Waals surface area (Å²) in [6, 6.07) is 6.73. The largest absolute Gasteiger partial charge is 0.469 e. The predicted octanol–water partition coefficient (Wildman–Crippen LogP) is 3.57.